The molecule has 2 heteroatoms. The van der Waals surface area contributed by atoms with Gasteiger partial charge >= 0.3 is 0 Å². The Labute approximate surface area is 66.9 Å². The fraction of sp³-hybridized carbons (Fsp3) is 0.333. The normalized spacial score (nSPS) is 27.5. The number of nitrogens with one attached hydrogen (secondary N) is 1. The molecule has 0 saturated heterocycles. The number of hydrazine groups is 1. The van der Waals surface area contributed by atoms with Crippen LogP contribution < -0.4 is 5.43 Å². The van der Waals surface area contributed by atoms with Crippen molar-refractivity contribution in [1.29, 1.82) is 0 Å². The minimum atomic E-state index is 0.429. The molecule has 0 amide bonds. The van der Waals surface area contributed by atoms with E-state index in [1.165, 1.54) is 11.3 Å². The molecule has 2 heterocycles. The second-order valence-electron chi connectivity index (χ2n) is 3.09. The zero-order chi connectivity index (χ0) is 7.84. The Balaban J connectivity index is 2.25. The van der Waals surface area contributed by atoms with Crippen LogP contribution in [-0.2, 0) is 0 Å². The first-order chi connectivity index (χ1) is 5.25. The summed E-state index contributed by atoms with van der Waals surface area (Å²) in [5, 5.41) is 2.12. The zero-order valence-corrected chi connectivity index (χ0v) is 6.83. The molecule has 2 nitrogen and oxygen atoms in total. The van der Waals surface area contributed by atoms with Crippen molar-refractivity contribution in [2.24, 2.45) is 0 Å². The van der Waals surface area contributed by atoms with E-state index in [0.717, 1.165) is 0 Å². The largest absolute Gasteiger partial charge is 0.303 e. The van der Waals surface area contributed by atoms with Crippen molar-refractivity contribution in [2.75, 3.05) is 0 Å². The van der Waals surface area contributed by atoms with Crippen LogP contribution in [-0.4, -0.2) is 11.1 Å². The molecule has 0 bridgehead atoms. The van der Waals surface area contributed by atoms with Crippen molar-refractivity contribution >= 4 is 0 Å². The Kier molecular flexibility index (Phi) is 1.28. The first kappa shape index (κ1) is 6.53. The molecule has 0 aromatic rings. The minimum Gasteiger partial charge on any atom is -0.303 e. The van der Waals surface area contributed by atoms with Crippen LogP contribution in [0.5, 0.6) is 0 Å². The summed E-state index contributed by atoms with van der Waals surface area (Å²) in [5.74, 6) is 0. The Hall–Kier alpha value is -1.18. The standard InChI is InChI=1S/C9H12N2/c1-7-3-4-9-5-8(2)10-11(9)6-7/h3-6,9-10H,1-2H3. The van der Waals surface area contributed by atoms with E-state index in [2.05, 4.69) is 48.7 Å². The summed E-state index contributed by atoms with van der Waals surface area (Å²) < 4.78 is 0. The smallest absolute Gasteiger partial charge is 0.0881 e. The molecular weight excluding hydrogens is 136 g/mol. The lowest BCUT2D eigenvalue weighted by Crippen LogP contribution is -2.33. The highest BCUT2D eigenvalue weighted by atomic mass is 15.5. The molecule has 2 aliphatic rings. The molecule has 0 saturated carbocycles. The fourth-order valence-corrected chi connectivity index (χ4v) is 1.43. The van der Waals surface area contributed by atoms with Crippen LogP contribution in [0.25, 0.3) is 0 Å². The number of hydrogen-bond donors (Lipinski definition) is 1. The van der Waals surface area contributed by atoms with Crippen LogP contribution in [0.4, 0.5) is 0 Å². The quantitative estimate of drug-likeness (QED) is 0.560. The zero-order valence-electron chi connectivity index (χ0n) is 6.83. The van der Waals surface area contributed by atoms with Gasteiger partial charge in [0.1, 0.15) is 0 Å². The van der Waals surface area contributed by atoms with Crippen LogP contribution in [0, 0.1) is 0 Å². The molecule has 58 valence electrons. The summed E-state index contributed by atoms with van der Waals surface area (Å²) in [6, 6.07) is 0.429. The van der Waals surface area contributed by atoms with Crippen molar-refractivity contribution in [1.82, 2.24) is 10.4 Å². The number of allylic oxidation sites excluding steroid dienone is 3. The lowest BCUT2D eigenvalue weighted by atomic mass is 10.1. The lowest BCUT2D eigenvalue weighted by Gasteiger charge is -2.24. The van der Waals surface area contributed by atoms with Gasteiger partial charge in [-0.1, -0.05) is 12.2 Å². The number of fused-ring (bicyclic) bond motifs is 1. The average molecular weight is 148 g/mol. The number of nitrogens with zero attached hydrogens (tertiary/aromatic N) is 1. The van der Waals surface area contributed by atoms with Crippen molar-refractivity contribution < 1.29 is 0 Å². The third kappa shape index (κ3) is 1.04. The molecule has 0 fully saturated rings. The molecule has 0 aromatic heterocycles. The van der Waals surface area contributed by atoms with Crippen LogP contribution in [0.15, 0.2) is 35.7 Å². The minimum absolute atomic E-state index is 0.429. The van der Waals surface area contributed by atoms with Gasteiger partial charge in [0.25, 0.3) is 0 Å². The second-order valence-corrected chi connectivity index (χ2v) is 3.09. The highest BCUT2D eigenvalue weighted by Crippen LogP contribution is 2.18. The molecule has 0 aromatic carbocycles. The van der Waals surface area contributed by atoms with Gasteiger partial charge in [0.2, 0.25) is 0 Å². The molecule has 1 unspecified atom stereocenters. The molecule has 0 radical (unpaired) electrons. The molecule has 1 N–H and O–H groups in total. The van der Waals surface area contributed by atoms with Crippen LogP contribution in [0.3, 0.4) is 0 Å². The SMILES string of the molecule is CC1=CN2NC(C)=CC2C=C1. The van der Waals surface area contributed by atoms with E-state index >= 15 is 0 Å². The molecule has 0 spiro atoms. The van der Waals surface area contributed by atoms with E-state index in [1.54, 1.807) is 0 Å². The van der Waals surface area contributed by atoms with Gasteiger partial charge in [-0.15, -0.1) is 0 Å². The van der Waals surface area contributed by atoms with E-state index in [0.29, 0.717) is 6.04 Å². The van der Waals surface area contributed by atoms with Gasteiger partial charge in [-0.25, -0.2) is 0 Å². The molecule has 11 heavy (non-hydrogen) atoms. The maximum absolute atomic E-state index is 3.25. The Bertz CT molecular complexity index is 261. The number of rotatable bonds is 0. The first-order valence-electron chi connectivity index (χ1n) is 3.86. The van der Waals surface area contributed by atoms with E-state index < -0.39 is 0 Å². The van der Waals surface area contributed by atoms with E-state index in [1.807, 2.05) is 0 Å². The predicted molar refractivity (Wildman–Crippen MR) is 45.4 cm³/mol. The van der Waals surface area contributed by atoms with E-state index in [4.69, 9.17) is 0 Å². The topological polar surface area (TPSA) is 15.3 Å². The Morgan fingerprint density at radius 3 is 3.09 bits per heavy atom. The molecule has 0 aliphatic carbocycles. The van der Waals surface area contributed by atoms with Gasteiger partial charge in [0, 0.05) is 11.9 Å². The lowest BCUT2D eigenvalue weighted by molar-refractivity contribution is 0.313. The van der Waals surface area contributed by atoms with Gasteiger partial charge in [0.05, 0.1) is 6.04 Å². The van der Waals surface area contributed by atoms with Crippen molar-refractivity contribution in [2.45, 2.75) is 19.9 Å². The van der Waals surface area contributed by atoms with Crippen LogP contribution >= 0.6 is 0 Å². The first-order valence-corrected chi connectivity index (χ1v) is 3.86. The fourth-order valence-electron chi connectivity index (χ4n) is 1.43. The van der Waals surface area contributed by atoms with Gasteiger partial charge < -0.3 is 5.43 Å². The van der Waals surface area contributed by atoms with Crippen LogP contribution in [0.1, 0.15) is 13.8 Å². The molecular formula is C9H12N2. The summed E-state index contributed by atoms with van der Waals surface area (Å²) in [6.07, 6.45) is 8.67. The summed E-state index contributed by atoms with van der Waals surface area (Å²) >= 11 is 0. The van der Waals surface area contributed by atoms with Crippen molar-refractivity contribution in [3.8, 4) is 0 Å². The molecule has 2 aliphatic heterocycles. The van der Waals surface area contributed by atoms with E-state index in [9.17, 15) is 0 Å². The van der Waals surface area contributed by atoms with Crippen molar-refractivity contribution in [3.63, 3.8) is 0 Å². The summed E-state index contributed by atoms with van der Waals surface area (Å²) in [5.41, 5.74) is 5.77. The van der Waals surface area contributed by atoms with Gasteiger partial charge in [-0.2, -0.15) is 0 Å². The monoisotopic (exact) mass is 148 g/mol. The average Bonchev–Trinajstić information content (AvgIpc) is 2.27. The van der Waals surface area contributed by atoms with Crippen molar-refractivity contribution in [3.05, 3.63) is 35.7 Å². The maximum Gasteiger partial charge on any atom is 0.0881 e. The van der Waals surface area contributed by atoms with Gasteiger partial charge in [0.15, 0.2) is 0 Å². The van der Waals surface area contributed by atoms with Crippen LogP contribution in [0.2, 0.25) is 0 Å². The Morgan fingerprint density at radius 1 is 1.45 bits per heavy atom. The summed E-state index contributed by atoms with van der Waals surface area (Å²) in [7, 11) is 0. The van der Waals surface area contributed by atoms with E-state index in [-0.39, 0.29) is 0 Å². The maximum atomic E-state index is 3.25. The van der Waals surface area contributed by atoms with Gasteiger partial charge in [-0.05, 0) is 25.5 Å². The molecule has 1 atom stereocenters. The highest BCUT2D eigenvalue weighted by molar-refractivity contribution is 5.29. The number of hydrogen-bond acceptors (Lipinski definition) is 2. The molecule has 2 rings (SSSR count). The highest BCUT2D eigenvalue weighted by Gasteiger charge is 2.18. The summed E-state index contributed by atoms with van der Waals surface area (Å²) in [6.45, 7) is 4.18. The predicted octanol–water partition coefficient (Wildman–Crippen LogP) is 1.55. The third-order valence-corrected chi connectivity index (χ3v) is 1.95. The summed E-state index contributed by atoms with van der Waals surface area (Å²) in [4.78, 5) is 0. The second kappa shape index (κ2) is 2.16. The van der Waals surface area contributed by atoms with Gasteiger partial charge in [-0.3, -0.25) is 5.01 Å². The third-order valence-electron chi connectivity index (χ3n) is 1.95. The Morgan fingerprint density at radius 2 is 2.27 bits per heavy atom.